The van der Waals surface area contributed by atoms with Gasteiger partial charge in [0.2, 0.25) is 0 Å². The van der Waals surface area contributed by atoms with Crippen LogP contribution in [0.15, 0.2) is 96.1 Å². The second-order valence-electron chi connectivity index (χ2n) is 8.34. The van der Waals surface area contributed by atoms with Crippen molar-refractivity contribution >= 4 is 34.7 Å². The van der Waals surface area contributed by atoms with Crippen LogP contribution in [-0.2, 0) is 11.2 Å². The average molecular weight is 478 g/mol. The van der Waals surface area contributed by atoms with Crippen LogP contribution >= 0.6 is 0 Å². The number of phenols is 1. The number of para-hydroxylation sites is 2. The van der Waals surface area contributed by atoms with E-state index in [-0.39, 0.29) is 28.6 Å². The average Bonchev–Trinajstić information content (AvgIpc) is 3.19. The molecule has 4 aromatic rings. The lowest BCUT2D eigenvalue weighted by Gasteiger charge is -2.17. The van der Waals surface area contributed by atoms with E-state index in [1.807, 2.05) is 48.5 Å². The highest BCUT2D eigenvalue weighted by atomic mass is 16.4. The van der Waals surface area contributed by atoms with Crippen LogP contribution in [-0.4, -0.2) is 27.8 Å². The van der Waals surface area contributed by atoms with E-state index >= 15 is 0 Å². The Hall–Kier alpha value is -4.91. The van der Waals surface area contributed by atoms with Crippen LogP contribution in [0, 0.1) is 0 Å². The van der Waals surface area contributed by atoms with E-state index in [9.17, 15) is 19.8 Å². The minimum atomic E-state index is -1.05. The minimum absolute atomic E-state index is 0.102. The van der Waals surface area contributed by atoms with Gasteiger partial charge in [-0.2, -0.15) is 5.10 Å². The minimum Gasteiger partial charge on any atom is -0.505 e. The summed E-state index contributed by atoms with van der Waals surface area (Å²) in [4.78, 5) is 26.4. The highest BCUT2D eigenvalue weighted by molar-refractivity contribution is 6.55. The number of aryl methyl sites for hydroxylation is 1. The molecule has 0 aromatic heterocycles. The first-order valence-electron chi connectivity index (χ1n) is 11.5. The molecule has 178 valence electrons. The van der Waals surface area contributed by atoms with Gasteiger partial charge in [-0.15, -0.1) is 0 Å². The zero-order valence-corrected chi connectivity index (χ0v) is 19.5. The molecule has 1 aliphatic rings. The lowest BCUT2D eigenvalue weighted by atomic mass is 10.0. The fourth-order valence-corrected chi connectivity index (χ4v) is 4.25. The number of carboxylic acids is 1. The fraction of sp³-hybridized carbons (Fsp3) is 0.0690. The van der Waals surface area contributed by atoms with Crippen LogP contribution in [0.25, 0.3) is 11.1 Å². The Bertz CT molecular complexity index is 1510. The first-order chi connectivity index (χ1) is 17.5. The van der Waals surface area contributed by atoms with Crippen molar-refractivity contribution in [3.8, 4) is 16.9 Å². The number of aromatic hydroxyl groups is 1. The number of rotatable bonds is 6. The Morgan fingerprint density at radius 2 is 1.64 bits per heavy atom. The van der Waals surface area contributed by atoms with E-state index in [0.717, 1.165) is 17.8 Å². The highest BCUT2D eigenvalue weighted by Gasteiger charge is 2.35. The smallest absolute Gasteiger partial charge is 0.335 e. The van der Waals surface area contributed by atoms with Gasteiger partial charge in [0.1, 0.15) is 5.75 Å². The molecular weight excluding hydrogens is 454 g/mol. The van der Waals surface area contributed by atoms with Crippen LogP contribution < -0.4 is 10.3 Å². The molecule has 0 saturated heterocycles. The predicted octanol–water partition coefficient (Wildman–Crippen LogP) is 5.81. The number of carbonyl (C=O) groups excluding carboxylic acids is 1. The maximum absolute atomic E-state index is 13.5. The van der Waals surface area contributed by atoms with Crippen LogP contribution in [0.5, 0.6) is 5.75 Å². The SMILES string of the molecule is CCc1ccc(N2C(=O)C(=NNc3cccc(-c4cccc(C(=O)O)c4)c3O)c3ccccc32)cc1. The van der Waals surface area contributed by atoms with E-state index in [2.05, 4.69) is 17.5 Å². The van der Waals surface area contributed by atoms with Crippen molar-refractivity contribution in [2.24, 2.45) is 5.10 Å². The van der Waals surface area contributed by atoms with Crippen LogP contribution in [0.3, 0.4) is 0 Å². The maximum Gasteiger partial charge on any atom is 0.335 e. The molecule has 7 heteroatoms. The van der Waals surface area contributed by atoms with Gasteiger partial charge in [0.05, 0.1) is 16.9 Å². The summed E-state index contributed by atoms with van der Waals surface area (Å²) in [6.07, 6.45) is 0.907. The van der Waals surface area contributed by atoms with Crippen molar-refractivity contribution in [3.05, 3.63) is 108 Å². The standard InChI is InChI=1S/C29H23N3O4/c1-2-18-13-15-21(16-14-18)32-25-12-4-3-9-23(25)26(28(32)34)31-30-24-11-6-10-22(27(24)33)19-7-5-8-20(17-19)29(35)36/h3-17,30,33H,2H2,1H3,(H,35,36). The number of fused-ring (bicyclic) bond motifs is 1. The van der Waals surface area contributed by atoms with Crippen molar-refractivity contribution in [2.45, 2.75) is 13.3 Å². The molecule has 0 atom stereocenters. The summed E-state index contributed by atoms with van der Waals surface area (Å²) < 4.78 is 0. The lowest BCUT2D eigenvalue weighted by Crippen LogP contribution is -2.26. The third kappa shape index (κ3) is 4.07. The van der Waals surface area contributed by atoms with Gasteiger partial charge in [-0.1, -0.05) is 61.5 Å². The highest BCUT2D eigenvalue weighted by Crippen LogP contribution is 2.38. The number of nitrogens with one attached hydrogen (secondary N) is 1. The number of amides is 1. The second kappa shape index (κ2) is 9.38. The number of anilines is 3. The molecule has 4 aromatic carbocycles. The summed E-state index contributed by atoms with van der Waals surface area (Å²) in [7, 11) is 0. The van der Waals surface area contributed by atoms with Gasteiger partial charge in [-0.25, -0.2) is 4.79 Å². The summed E-state index contributed by atoms with van der Waals surface area (Å²) in [5.41, 5.74) is 7.80. The van der Waals surface area contributed by atoms with Gasteiger partial charge in [-0.3, -0.25) is 15.1 Å². The third-order valence-electron chi connectivity index (χ3n) is 6.15. The molecular formula is C29H23N3O4. The van der Waals surface area contributed by atoms with Gasteiger partial charge in [-0.05, 0) is 53.9 Å². The second-order valence-corrected chi connectivity index (χ2v) is 8.34. The van der Waals surface area contributed by atoms with Gasteiger partial charge in [0.15, 0.2) is 5.71 Å². The molecule has 5 rings (SSSR count). The number of nitrogens with zero attached hydrogens (tertiary/aromatic N) is 2. The molecule has 1 aliphatic heterocycles. The number of hydrazone groups is 1. The zero-order chi connectivity index (χ0) is 25.2. The number of phenolic OH excluding ortho intramolecular Hbond substituents is 1. The van der Waals surface area contributed by atoms with E-state index in [1.54, 1.807) is 35.2 Å². The number of carbonyl (C=O) groups is 2. The van der Waals surface area contributed by atoms with E-state index in [4.69, 9.17) is 0 Å². The topological polar surface area (TPSA) is 102 Å². The third-order valence-corrected chi connectivity index (χ3v) is 6.15. The van der Waals surface area contributed by atoms with Gasteiger partial charge >= 0.3 is 5.97 Å². The fourth-order valence-electron chi connectivity index (χ4n) is 4.25. The Kier molecular flexibility index (Phi) is 5.96. The number of benzene rings is 4. The molecule has 1 amide bonds. The Labute approximate surface area is 208 Å². The molecule has 0 unspecified atom stereocenters. The molecule has 36 heavy (non-hydrogen) atoms. The van der Waals surface area contributed by atoms with Crippen LogP contribution in [0.4, 0.5) is 17.1 Å². The van der Waals surface area contributed by atoms with Crippen molar-refractivity contribution < 1.29 is 19.8 Å². The molecule has 3 N–H and O–H groups in total. The molecule has 0 bridgehead atoms. The largest absolute Gasteiger partial charge is 0.505 e. The summed E-state index contributed by atoms with van der Waals surface area (Å²) >= 11 is 0. The van der Waals surface area contributed by atoms with Crippen molar-refractivity contribution in [3.63, 3.8) is 0 Å². The van der Waals surface area contributed by atoms with Crippen LogP contribution in [0.2, 0.25) is 0 Å². The van der Waals surface area contributed by atoms with Gasteiger partial charge < -0.3 is 10.2 Å². The molecule has 0 fully saturated rings. The zero-order valence-electron chi connectivity index (χ0n) is 19.5. The molecule has 0 radical (unpaired) electrons. The van der Waals surface area contributed by atoms with Crippen LogP contribution in [0.1, 0.15) is 28.4 Å². The predicted molar refractivity (Wildman–Crippen MR) is 140 cm³/mol. The quantitative estimate of drug-likeness (QED) is 0.240. The molecule has 0 aliphatic carbocycles. The Morgan fingerprint density at radius 3 is 2.39 bits per heavy atom. The van der Waals surface area contributed by atoms with E-state index in [1.165, 1.54) is 17.7 Å². The summed E-state index contributed by atoms with van der Waals surface area (Å²) in [5, 5.41) is 24.6. The van der Waals surface area contributed by atoms with Crippen molar-refractivity contribution in [2.75, 3.05) is 10.3 Å². The molecule has 7 nitrogen and oxygen atoms in total. The summed E-state index contributed by atoms with van der Waals surface area (Å²) in [6, 6.07) is 26.6. The van der Waals surface area contributed by atoms with E-state index < -0.39 is 5.97 Å². The van der Waals surface area contributed by atoms with Gasteiger partial charge in [0, 0.05) is 16.8 Å². The number of carboxylic acid groups (broad SMARTS) is 1. The number of hydrogen-bond acceptors (Lipinski definition) is 5. The summed E-state index contributed by atoms with van der Waals surface area (Å²) in [5.74, 6) is -1.43. The first kappa shape index (κ1) is 22.9. The van der Waals surface area contributed by atoms with Crippen molar-refractivity contribution in [1.29, 1.82) is 0 Å². The monoisotopic (exact) mass is 477 g/mol. The maximum atomic E-state index is 13.5. The normalized spacial score (nSPS) is 13.6. The number of hydrogen-bond donors (Lipinski definition) is 3. The molecule has 0 spiro atoms. The molecule has 1 heterocycles. The first-order valence-corrected chi connectivity index (χ1v) is 11.5. The Morgan fingerprint density at radius 1 is 0.917 bits per heavy atom. The lowest BCUT2D eigenvalue weighted by molar-refractivity contribution is -0.111. The molecule has 0 saturated carbocycles. The van der Waals surface area contributed by atoms with E-state index in [0.29, 0.717) is 16.7 Å². The van der Waals surface area contributed by atoms with Gasteiger partial charge in [0.25, 0.3) is 5.91 Å². The Balaban J connectivity index is 1.49. The van der Waals surface area contributed by atoms with Crippen molar-refractivity contribution in [1.82, 2.24) is 0 Å². The number of aromatic carboxylic acids is 1. The summed E-state index contributed by atoms with van der Waals surface area (Å²) in [6.45, 7) is 2.08.